The average molecular weight is 522 g/mol. The van der Waals surface area contributed by atoms with E-state index < -0.39 is 5.91 Å². The van der Waals surface area contributed by atoms with Crippen molar-refractivity contribution in [2.24, 2.45) is 0 Å². The molecule has 0 aromatic heterocycles. The second-order valence-electron chi connectivity index (χ2n) is 6.66. The van der Waals surface area contributed by atoms with Crippen molar-refractivity contribution in [2.75, 3.05) is 12.4 Å². The molecule has 0 bridgehead atoms. The number of nitrogens with zero attached hydrogens (tertiary/aromatic N) is 1. The standard InChI is InChI=1S/C24H16Cl4N2O3/c1-32-22-10-14(5-8-21(22)33-13-15-6-7-17(25)11-20(15)28)9-16(12-29)24(31)30-23-18(26)3-2-4-19(23)27/h2-11H,13H2,1H3,(H,30,31)/b16-9+. The molecule has 0 unspecified atom stereocenters. The fourth-order valence-electron chi connectivity index (χ4n) is 2.80. The number of hydrogen-bond donors (Lipinski definition) is 1. The van der Waals surface area contributed by atoms with E-state index in [-0.39, 0.29) is 27.9 Å². The summed E-state index contributed by atoms with van der Waals surface area (Å²) in [5.74, 6) is 0.233. The Morgan fingerprint density at radius 2 is 1.73 bits per heavy atom. The normalized spacial score (nSPS) is 11.0. The van der Waals surface area contributed by atoms with Crippen LogP contribution in [-0.4, -0.2) is 13.0 Å². The summed E-state index contributed by atoms with van der Waals surface area (Å²) in [5.41, 5.74) is 1.40. The first kappa shape index (κ1) is 24.8. The smallest absolute Gasteiger partial charge is 0.266 e. The van der Waals surface area contributed by atoms with Crippen LogP contribution in [0.15, 0.2) is 60.2 Å². The maximum atomic E-state index is 12.6. The second-order valence-corrected chi connectivity index (χ2v) is 8.31. The van der Waals surface area contributed by atoms with Crippen LogP contribution in [0.3, 0.4) is 0 Å². The lowest BCUT2D eigenvalue weighted by Crippen LogP contribution is -2.14. The zero-order valence-electron chi connectivity index (χ0n) is 17.2. The number of carbonyl (C=O) groups is 1. The molecule has 1 N–H and O–H groups in total. The average Bonchev–Trinajstić information content (AvgIpc) is 2.79. The number of methoxy groups -OCH3 is 1. The number of amides is 1. The zero-order chi connectivity index (χ0) is 24.0. The monoisotopic (exact) mass is 520 g/mol. The number of ether oxygens (including phenoxy) is 2. The lowest BCUT2D eigenvalue weighted by atomic mass is 10.1. The highest BCUT2D eigenvalue weighted by Crippen LogP contribution is 2.32. The Bertz CT molecular complexity index is 1250. The van der Waals surface area contributed by atoms with Gasteiger partial charge in [0, 0.05) is 15.6 Å². The number of carbonyl (C=O) groups excluding carboxylic acids is 1. The van der Waals surface area contributed by atoms with Crippen LogP contribution in [0.2, 0.25) is 20.1 Å². The van der Waals surface area contributed by atoms with E-state index in [0.29, 0.717) is 27.1 Å². The van der Waals surface area contributed by atoms with E-state index in [1.165, 1.54) is 13.2 Å². The molecule has 0 spiro atoms. The molecule has 3 rings (SSSR count). The fourth-order valence-corrected chi connectivity index (χ4v) is 3.76. The van der Waals surface area contributed by atoms with Crippen molar-refractivity contribution in [3.8, 4) is 17.6 Å². The summed E-state index contributed by atoms with van der Waals surface area (Å²) < 4.78 is 11.2. The van der Waals surface area contributed by atoms with Crippen LogP contribution in [0.4, 0.5) is 5.69 Å². The van der Waals surface area contributed by atoms with Gasteiger partial charge in [0.1, 0.15) is 18.2 Å². The van der Waals surface area contributed by atoms with Gasteiger partial charge in [0.05, 0.1) is 22.8 Å². The quantitative estimate of drug-likeness (QED) is 0.259. The molecular formula is C24H16Cl4N2O3. The van der Waals surface area contributed by atoms with Gasteiger partial charge >= 0.3 is 0 Å². The SMILES string of the molecule is COc1cc(/C=C(\C#N)C(=O)Nc2c(Cl)cccc2Cl)ccc1OCc1ccc(Cl)cc1Cl. The summed E-state index contributed by atoms with van der Waals surface area (Å²) >= 11 is 24.3. The Labute approximate surface area is 211 Å². The Morgan fingerprint density at radius 1 is 1.00 bits per heavy atom. The molecule has 0 aliphatic heterocycles. The first-order valence-corrected chi connectivity index (χ1v) is 11.0. The molecule has 9 heteroatoms. The maximum absolute atomic E-state index is 12.6. The van der Waals surface area contributed by atoms with Crippen LogP contribution < -0.4 is 14.8 Å². The number of rotatable bonds is 7. The van der Waals surface area contributed by atoms with Gasteiger partial charge in [-0.2, -0.15) is 5.26 Å². The van der Waals surface area contributed by atoms with E-state index in [1.54, 1.807) is 54.6 Å². The van der Waals surface area contributed by atoms with E-state index in [9.17, 15) is 10.1 Å². The number of benzene rings is 3. The summed E-state index contributed by atoms with van der Waals surface area (Å²) in [6.45, 7) is 0.200. The molecule has 0 fully saturated rings. The van der Waals surface area contributed by atoms with E-state index in [1.807, 2.05) is 6.07 Å². The molecule has 0 saturated heterocycles. The van der Waals surface area contributed by atoms with Crippen LogP contribution in [0.25, 0.3) is 6.08 Å². The third-order valence-corrected chi connectivity index (χ3v) is 5.68. The maximum Gasteiger partial charge on any atom is 0.266 e. The molecule has 3 aromatic rings. The Kier molecular flexibility index (Phi) is 8.49. The second kappa shape index (κ2) is 11.3. The molecule has 0 radical (unpaired) electrons. The lowest BCUT2D eigenvalue weighted by Gasteiger charge is -2.12. The van der Waals surface area contributed by atoms with Crippen molar-refractivity contribution in [1.82, 2.24) is 0 Å². The third-order valence-electron chi connectivity index (χ3n) is 4.46. The largest absolute Gasteiger partial charge is 0.493 e. The summed E-state index contributed by atoms with van der Waals surface area (Å²) in [7, 11) is 1.49. The number of hydrogen-bond acceptors (Lipinski definition) is 4. The van der Waals surface area contributed by atoms with E-state index in [2.05, 4.69) is 5.32 Å². The molecule has 0 saturated carbocycles. The van der Waals surface area contributed by atoms with Gasteiger partial charge in [0.15, 0.2) is 11.5 Å². The molecule has 5 nitrogen and oxygen atoms in total. The number of anilines is 1. The molecule has 1 amide bonds. The highest BCUT2D eigenvalue weighted by molar-refractivity contribution is 6.40. The predicted octanol–water partition coefficient (Wildman–Crippen LogP) is 7.43. The molecule has 0 aliphatic rings. The van der Waals surface area contributed by atoms with Crippen LogP contribution in [0, 0.1) is 11.3 Å². The van der Waals surface area contributed by atoms with Gasteiger partial charge in [-0.3, -0.25) is 4.79 Å². The summed E-state index contributed by atoms with van der Waals surface area (Å²) in [6.07, 6.45) is 1.42. The van der Waals surface area contributed by atoms with Crippen molar-refractivity contribution < 1.29 is 14.3 Å². The van der Waals surface area contributed by atoms with Crippen molar-refractivity contribution >= 4 is 64.1 Å². The fraction of sp³-hybridized carbons (Fsp3) is 0.0833. The number of nitrogens with one attached hydrogen (secondary N) is 1. The molecule has 0 heterocycles. The van der Waals surface area contributed by atoms with Crippen molar-refractivity contribution in [1.29, 1.82) is 5.26 Å². The number of nitriles is 1. The third kappa shape index (κ3) is 6.34. The molecule has 168 valence electrons. The van der Waals surface area contributed by atoms with Gasteiger partial charge in [-0.25, -0.2) is 0 Å². The molecule has 0 atom stereocenters. The van der Waals surface area contributed by atoms with Crippen LogP contribution in [-0.2, 0) is 11.4 Å². The van der Waals surface area contributed by atoms with Gasteiger partial charge in [-0.05, 0) is 48.0 Å². The van der Waals surface area contributed by atoms with Crippen molar-refractivity contribution in [3.63, 3.8) is 0 Å². The molecule has 33 heavy (non-hydrogen) atoms. The Morgan fingerprint density at radius 3 is 2.36 bits per heavy atom. The van der Waals surface area contributed by atoms with Gasteiger partial charge < -0.3 is 14.8 Å². The minimum atomic E-state index is -0.649. The highest BCUT2D eigenvalue weighted by atomic mass is 35.5. The van der Waals surface area contributed by atoms with Gasteiger partial charge in [-0.1, -0.05) is 64.6 Å². The van der Waals surface area contributed by atoms with Gasteiger partial charge in [0.2, 0.25) is 0 Å². The molecule has 0 aliphatic carbocycles. The Balaban J connectivity index is 1.79. The summed E-state index contributed by atoms with van der Waals surface area (Å²) in [5, 5.41) is 13.6. The minimum Gasteiger partial charge on any atom is -0.493 e. The predicted molar refractivity (Wildman–Crippen MR) is 132 cm³/mol. The minimum absolute atomic E-state index is 0.144. The van der Waals surface area contributed by atoms with Crippen molar-refractivity contribution in [2.45, 2.75) is 6.61 Å². The van der Waals surface area contributed by atoms with Crippen LogP contribution in [0.1, 0.15) is 11.1 Å². The van der Waals surface area contributed by atoms with E-state index in [0.717, 1.165) is 5.56 Å². The number of halogens is 4. The number of para-hydroxylation sites is 1. The van der Waals surface area contributed by atoms with Gasteiger partial charge in [-0.15, -0.1) is 0 Å². The van der Waals surface area contributed by atoms with Gasteiger partial charge in [0.25, 0.3) is 5.91 Å². The summed E-state index contributed by atoms with van der Waals surface area (Å²) in [6, 6.07) is 16.8. The van der Waals surface area contributed by atoms with Crippen LogP contribution >= 0.6 is 46.4 Å². The van der Waals surface area contributed by atoms with E-state index in [4.69, 9.17) is 55.9 Å². The zero-order valence-corrected chi connectivity index (χ0v) is 20.2. The molecule has 3 aromatic carbocycles. The van der Waals surface area contributed by atoms with Crippen LogP contribution in [0.5, 0.6) is 11.5 Å². The summed E-state index contributed by atoms with van der Waals surface area (Å²) in [4.78, 5) is 12.6. The molecular weight excluding hydrogens is 506 g/mol. The first-order chi connectivity index (χ1) is 15.8. The highest BCUT2D eigenvalue weighted by Gasteiger charge is 2.15. The topological polar surface area (TPSA) is 71.3 Å². The lowest BCUT2D eigenvalue weighted by molar-refractivity contribution is -0.112. The van der Waals surface area contributed by atoms with E-state index >= 15 is 0 Å². The van der Waals surface area contributed by atoms with Crippen molar-refractivity contribution in [3.05, 3.63) is 91.4 Å². The first-order valence-electron chi connectivity index (χ1n) is 9.44. The Hall–Kier alpha value is -2.88.